The summed E-state index contributed by atoms with van der Waals surface area (Å²) in [5, 5.41) is 14.1. The topological polar surface area (TPSA) is 123 Å². The number of aromatic nitrogens is 2. The minimum atomic E-state index is -1.38. The monoisotopic (exact) mass is 533 g/mol. The first-order valence-electron chi connectivity index (χ1n) is 13.3. The van der Waals surface area contributed by atoms with Crippen molar-refractivity contribution in [2.75, 3.05) is 64.9 Å². The van der Waals surface area contributed by atoms with Crippen LogP contribution in [0.15, 0.2) is 36.4 Å². The second-order valence-electron chi connectivity index (χ2n) is 9.98. The highest BCUT2D eigenvalue weighted by Crippen LogP contribution is 2.32. The number of imide groups is 1. The van der Waals surface area contributed by atoms with Gasteiger partial charge in [0.15, 0.2) is 5.82 Å². The number of likely N-dealkylation sites (N-methyl/N-ethyl adjacent to an activating group) is 2. The number of nitrogens with zero attached hydrogens (tertiary/aromatic N) is 4. The Labute approximate surface area is 227 Å². The number of H-pyrrole nitrogens is 1. The summed E-state index contributed by atoms with van der Waals surface area (Å²) in [5.41, 5.74) is 1.51. The number of nitrogens with one attached hydrogen (secondary N) is 3. The molecule has 1 atom stereocenters. The van der Waals surface area contributed by atoms with E-state index in [1.165, 1.54) is 0 Å². The van der Waals surface area contributed by atoms with E-state index >= 15 is 0 Å². The molecule has 11 heteroatoms. The van der Waals surface area contributed by atoms with Gasteiger partial charge in [0.25, 0.3) is 11.8 Å². The van der Waals surface area contributed by atoms with Gasteiger partial charge in [-0.25, -0.2) is 0 Å². The van der Waals surface area contributed by atoms with Gasteiger partial charge in [-0.15, -0.1) is 0 Å². The molecule has 0 bridgehead atoms. The molecule has 2 aliphatic rings. The van der Waals surface area contributed by atoms with E-state index in [0.29, 0.717) is 36.3 Å². The van der Waals surface area contributed by atoms with Gasteiger partial charge in [0, 0.05) is 43.7 Å². The summed E-state index contributed by atoms with van der Waals surface area (Å²) in [6.45, 7) is 7.42. The Kier molecular flexibility index (Phi) is 7.53. The number of hydrogen-bond donors (Lipinski definition) is 3. The molecule has 5 rings (SSSR count). The first kappa shape index (κ1) is 26.6. The quantitative estimate of drug-likeness (QED) is 0.350. The third-order valence-electron chi connectivity index (χ3n) is 8.07. The Hall–Kier alpha value is -3.96. The number of carbonyl (C=O) groups is 3. The second kappa shape index (κ2) is 11.0. The number of rotatable bonds is 9. The molecule has 1 saturated heterocycles. The minimum Gasteiger partial charge on any atom is -0.497 e. The fourth-order valence-corrected chi connectivity index (χ4v) is 5.66. The van der Waals surface area contributed by atoms with Crippen molar-refractivity contribution in [2.45, 2.75) is 18.9 Å². The van der Waals surface area contributed by atoms with Gasteiger partial charge < -0.3 is 24.8 Å². The summed E-state index contributed by atoms with van der Waals surface area (Å²) >= 11 is 0. The lowest BCUT2D eigenvalue weighted by atomic mass is 9.86. The van der Waals surface area contributed by atoms with Crippen molar-refractivity contribution in [3.63, 3.8) is 0 Å². The molecule has 0 radical (unpaired) electrons. The van der Waals surface area contributed by atoms with Crippen molar-refractivity contribution < 1.29 is 19.1 Å². The molecule has 1 fully saturated rings. The van der Waals surface area contributed by atoms with Gasteiger partial charge in [-0.1, -0.05) is 19.1 Å². The van der Waals surface area contributed by atoms with E-state index in [-0.39, 0.29) is 12.5 Å². The highest BCUT2D eigenvalue weighted by Gasteiger charge is 2.43. The van der Waals surface area contributed by atoms with Gasteiger partial charge in [0.05, 0.1) is 19.2 Å². The average Bonchev–Trinajstić information content (AvgIpc) is 3.40. The maximum Gasteiger partial charge on any atom is 0.254 e. The van der Waals surface area contributed by atoms with E-state index in [2.05, 4.69) is 37.6 Å². The Bertz CT molecular complexity index is 1380. The SMILES string of the molecule is CCN1CCN(c2n[nH]c3cc([C@](CN4CCc5ccc(OC)cc5C4=O)(NC)C(=O)NC=O)ccc23)CC1. The van der Waals surface area contributed by atoms with Crippen LogP contribution in [0, 0.1) is 0 Å². The molecule has 1 aromatic heterocycles. The molecule has 3 amide bonds. The van der Waals surface area contributed by atoms with Crippen LogP contribution in [0.2, 0.25) is 0 Å². The van der Waals surface area contributed by atoms with Gasteiger partial charge in [0.2, 0.25) is 6.41 Å². The summed E-state index contributed by atoms with van der Waals surface area (Å²) in [5.74, 6) is 0.749. The van der Waals surface area contributed by atoms with E-state index in [0.717, 1.165) is 55.0 Å². The second-order valence-corrected chi connectivity index (χ2v) is 9.98. The van der Waals surface area contributed by atoms with Crippen LogP contribution in [-0.4, -0.2) is 98.2 Å². The van der Waals surface area contributed by atoms with Crippen LogP contribution in [0.3, 0.4) is 0 Å². The zero-order valence-corrected chi connectivity index (χ0v) is 22.6. The van der Waals surface area contributed by atoms with Crippen LogP contribution in [0.25, 0.3) is 10.9 Å². The standard InChI is InChI=1S/C28H35N7O4/c1-4-33-11-13-34(14-12-33)25-22-8-6-20(15-24(22)31-32-25)28(29-2,27(38)30-18-36)17-35-10-9-19-5-7-21(39-3)16-23(19)26(35)37/h5-8,15-16,18,29H,4,9-14,17H2,1-3H3,(H,31,32)(H,30,36,38)/t28-/m0/s1. The Morgan fingerprint density at radius 2 is 1.95 bits per heavy atom. The highest BCUT2D eigenvalue weighted by molar-refractivity contribution is 6.00. The molecule has 0 saturated carbocycles. The lowest BCUT2D eigenvalue weighted by Gasteiger charge is -2.39. The number of ether oxygens (including phenoxy) is 1. The van der Waals surface area contributed by atoms with Crippen molar-refractivity contribution >= 4 is 34.9 Å². The van der Waals surface area contributed by atoms with E-state index in [1.807, 2.05) is 30.3 Å². The third-order valence-corrected chi connectivity index (χ3v) is 8.07. The smallest absolute Gasteiger partial charge is 0.254 e. The molecule has 206 valence electrons. The normalized spacial score (nSPS) is 17.6. The zero-order valence-electron chi connectivity index (χ0n) is 22.6. The van der Waals surface area contributed by atoms with Crippen LogP contribution < -0.4 is 20.3 Å². The average molecular weight is 534 g/mol. The molecule has 3 aromatic rings. The first-order chi connectivity index (χ1) is 18.9. The Balaban J connectivity index is 1.48. The number of hydrogen-bond acceptors (Lipinski definition) is 8. The van der Waals surface area contributed by atoms with Crippen molar-refractivity contribution in [1.82, 2.24) is 30.6 Å². The first-order valence-corrected chi connectivity index (χ1v) is 13.3. The van der Waals surface area contributed by atoms with E-state index in [4.69, 9.17) is 4.74 Å². The minimum absolute atomic E-state index is 0.0319. The molecule has 0 spiro atoms. The number of aromatic amines is 1. The Morgan fingerprint density at radius 1 is 1.15 bits per heavy atom. The maximum atomic E-state index is 13.5. The predicted octanol–water partition coefficient (Wildman–Crippen LogP) is 1.10. The molecular formula is C28H35N7O4. The van der Waals surface area contributed by atoms with Gasteiger partial charge in [-0.2, -0.15) is 5.10 Å². The highest BCUT2D eigenvalue weighted by atomic mass is 16.5. The number of fused-ring (bicyclic) bond motifs is 2. The maximum absolute atomic E-state index is 13.5. The molecule has 3 heterocycles. The molecule has 39 heavy (non-hydrogen) atoms. The van der Waals surface area contributed by atoms with E-state index < -0.39 is 11.4 Å². The molecule has 0 aliphatic carbocycles. The number of piperazine rings is 1. The zero-order chi connectivity index (χ0) is 27.6. The lowest BCUT2D eigenvalue weighted by Crippen LogP contribution is -2.60. The number of methoxy groups -OCH3 is 1. The van der Waals surface area contributed by atoms with Crippen LogP contribution in [0.5, 0.6) is 5.75 Å². The molecule has 2 aliphatic heterocycles. The van der Waals surface area contributed by atoms with Crippen molar-refractivity contribution in [2.24, 2.45) is 0 Å². The molecular weight excluding hydrogens is 498 g/mol. The van der Waals surface area contributed by atoms with Gasteiger partial charge >= 0.3 is 0 Å². The molecule has 0 unspecified atom stereocenters. The van der Waals surface area contributed by atoms with Crippen molar-refractivity contribution in [1.29, 1.82) is 0 Å². The Morgan fingerprint density at radius 3 is 2.64 bits per heavy atom. The van der Waals surface area contributed by atoms with Gasteiger partial charge in [-0.05, 0) is 55.4 Å². The fraction of sp³-hybridized carbons (Fsp3) is 0.429. The molecule has 3 N–H and O–H groups in total. The van der Waals surface area contributed by atoms with Crippen LogP contribution in [-0.2, 0) is 21.5 Å². The third kappa shape index (κ3) is 4.83. The van der Waals surface area contributed by atoms with E-state index in [1.54, 1.807) is 25.1 Å². The van der Waals surface area contributed by atoms with Gasteiger partial charge in [0.1, 0.15) is 11.3 Å². The predicted molar refractivity (Wildman–Crippen MR) is 148 cm³/mol. The van der Waals surface area contributed by atoms with Crippen molar-refractivity contribution in [3.05, 3.63) is 53.1 Å². The van der Waals surface area contributed by atoms with Crippen LogP contribution >= 0.6 is 0 Å². The largest absolute Gasteiger partial charge is 0.497 e. The summed E-state index contributed by atoms with van der Waals surface area (Å²) in [6, 6.07) is 11.2. The van der Waals surface area contributed by atoms with Crippen LogP contribution in [0.1, 0.15) is 28.4 Å². The number of benzene rings is 2. The molecule has 2 aromatic carbocycles. The summed E-state index contributed by atoms with van der Waals surface area (Å²) < 4.78 is 5.32. The molecule has 11 nitrogen and oxygen atoms in total. The van der Waals surface area contributed by atoms with Gasteiger partial charge in [-0.3, -0.25) is 24.8 Å². The number of carbonyl (C=O) groups excluding carboxylic acids is 3. The van der Waals surface area contributed by atoms with Crippen LogP contribution in [0.4, 0.5) is 5.82 Å². The van der Waals surface area contributed by atoms with E-state index in [9.17, 15) is 14.4 Å². The fourth-order valence-electron chi connectivity index (χ4n) is 5.66. The summed E-state index contributed by atoms with van der Waals surface area (Å²) in [7, 11) is 3.22. The van der Waals surface area contributed by atoms with Crippen molar-refractivity contribution in [3.8, 4) is 5.75 Å². The summed E-state index contributed by atoms with van der Waals surface area (Å²) in [4.78, 5) is 44.7. The number of anilines is 1. The summed E-state index contributed by atoms with van der Waals surface area (Å²) in [6.07, 6.45) is 1.02. The lowest BCUT2D eigenvalue weighted by molar-refractivity contribution is -0.131. The number of amides is 3.